The van der Waals surface area contributed by atoms with Crippen LogP contribution < -0.4 is 10.2 Å². The summed E-state index contributed by atoms with van der Waals surface area (Å²) in [5, 5.41) is 107. The molecule has 0 spiro atoms. The molecule has 0 rings (SSSR count). The molecule has 0 heterocycles. The van der Waals surface area contributed by atoms with Crippen LogP contribution in [-0.4, -0.2) is 136 Å². The Morgan fingerprint density at radius 1 is 0.586 bits per heavy atom. The molecule has 0 unspecified atom stereocenters. The van der Waals surface area contributed by atoms with Crippen LogP contribution in [0, 0.1) is 0 Å². The summed E-state index contributed by atoms with van der Waals surface area (Å²) in [4.78, 5) is 20.0. The molecule has 0 aliphatic rings. The van der Waals surface area contributed by atoms with E-state index in [0.29, 0.717) is 0 Å². The van der Waals surface area contributed by atoms with Gasteiger partial charge < -0.3 is 81.8 Å². The van der Waals surface area contributed by atoms with Crippen molar-refractivity contribution in [3.63, 3.8) is 0 Å². The first-order valence-electron chi connectivity index (χ1n) is 6.91. The van der Waals surface area contributed by atoms with Crippen LogP contribution in [0.15, 0.2) is 0 Å². The number of carboxylic acid groups (broad SMARTS) is 2. The number of rotatable bonds is 10. The SMILES string of the molecule is O.O.O=C([O-])[C@H](O)[C@@H](O)[C@H](O)[C@H](O)CO.O=C([O-])[C@H](O)[C@@H](O)[C@H](O)[C@H](O)CO.[Co+2]. The molecule has 0 aliphatic heterocycles. The molecule has 0 aliphatic carbocycles. The molecule has 17 heteroatoms. The molecule has 29 heavy (non-hydrogen) atoms. The first kappa shape index (κ1) is 38.6. The van der Waals surface area contributed by atoms with Gasteiger partial charge >= 0.3 is 16.8 Å². The Hall–Kier alpha value is -1.03. The quantitative estimate of drug-likeness (QED) is 0.137. The van der Waals surface area contributed by atoms with Gasteiger partial charge in [-0.3, -0.25) is 0 Å². The van der Waals surface area contributed by atoms with Gasteiger partial charge in [-0.25, -0.2) is 0 Å². The predicted octanol–water partition coefficient (Wildman–Crippen LogP) is -11.3. The average molecular weight is 485 g/mol. The van der Waals surface area contributed by atoms with E-state index in [-0.39, 0.29) is 27.7 Å². The molecule has 0 saturated carbocycles. The third kappa shape index (κ3) is 13.7. The smallest absolute Gasteiger partial charge is 0.547 e. The van der Waals surface area contributed by atoms with Crippen LogP contribution in [0.3, 0.4) is 0 Å². The Labute approximate surface area is 173 Å². The zero-order valence-electron chi connectivity index (χ0n) is 14.5. The summed E-state index contributed by atoms with van der Waals surface area (Å²) in [6.07, 6.45) is -16.2. The largest absolute Gasteiger partial charge is 2.00 e. The number of carbonyl (C=O) groups is 2. The summed E-state index contributed by atoms with van der Waals surface area (Å²) < 4.78 is 0. The number of carboxylic acids is 2. The van der Waals surface area contributed by atoms with Gasteiger partial charge in [-0.2, -0.15) is 0 Å². The Kier molecular flexibility index (Phi) is 25.2. The minimum absolute atomic E-state index is 0. The Morgan fingerprint density at radius 2 is 0.793 bits per heavy atom. The maximum absolute atomic E-state index is 9.98. The molecule has 0 bridgehead atoms. The molecule has 1 radical (unpaired) electrons. The van der Waals surface area contributed by atoms with Gasteiger partial charge in [-0.05, 0) is 0 Å². The van der Waals surface area contributed by atoms with Crippen molar-refractivity contribution in [2.75, 3.05) is 13.2 Å². The van der Waals surface area contributed by atoms with Crippen LogP contribution in [0.25, 0.3) is 0 Å². The maximum Gasteiger partial charge on any atom is 2.00 e. The van der Waals surface area contributed by atoms with Crippen molar-refractivity contribution in [3.05, 3.63) is 0 Å². The van der Waals surface area contributed by atoms with E-state index >= 15 is 0 Å². The third-order valence-corrected chi connectivity index (χ3v) is 2.99. The van der Waals surface area contributed by atoms with Crippen molar-refractivity contribution in [3.8, 4) is 0 Å². The molecular weight excluding hydrogens is 459 g/mol. The van der Waals surface area contributed by atoms with Gasteiger partial charge in [0.1, 0.15) is 48.8 Å². The second-order valence-electron chi connectivity index (χ2n) is 4.99. The van der Waals surface area contributed by atoms with Gasteiger partial charge in [-0.1, -0.05) is 0 Å². The van der Waals surface area contributed by atoms with Crippen molar-refractivity contribution in [2.45, 2.75) is 48.8 Å². The van der Waals surface area contributed by atoms with Gasteiger partial charge in [0.2, 0.25) is 0 Å². The second-order valence-corrected chi connectivity index (χ2v) is 4.99. The van der Waals surface area contributed by atoms with Crippen LogP contribution >= 0.6 is 0 Å². The zero-order valence-corrected chi connectivity index (χ0v) is 15.5. The van der Waals surface area contributed by atoms with Crippen LogP contribution in [0.4, 0.5) is 0 Å². The number of aliphatic hydroxyl groups is 10. The third-order valence-electron chi connectivity index (χ3n) is 2.99. The van der Waals surface area contributed by atoms with Crippen LogP contribution in [-0.2, 0) is 26.4 Å². The van der Waals surface area contributed by atoms with E-state index in [1.54, 1.807) is 0 Å². The van der Waals surface area contributed by atoms with Crippen molar-refractivity contribution < 1.29 is 98.6 Å². The van der Waals surface area contributed by atoms with Crippen molar-refractivity contribution in [2.24, 2.45) is 0 Å². The van der Waals surface area contributed by atoms with Gasteiger partial charge in [0, 0.05) is 0 Å². The maximum atomic E-state index is 9.98. The van der Waals surface area contributed by atoms with Gasteiger partial charge in [0.25, 0.3) is 0 Å². The summed E-state index contributed by atoms with van der Waals surface area (Å²) in [5.41, 5.74) is 0. The fourth-order valence-electron chi connectivity index (χ4n) is 1.32. The average Bonchev–Trinajstić information content (AvgIpc) is 2.62. The molecular formula is C12H26CoO16. The number of hydrogen-bond acceptors (Lipinski definition) is 14. The van der Waals surface area contributed by atoms with Crippen LogP contribution in [0.2, 0.25) is 0 Å². The summed E-state index contributed by atoms with van der Waals surface area (Å²) in [7, 11) is 0. The Balaban J connectivity index is -0.000000120. The molecule has 0 saturated heterocycles. The molecule has 0 aromatic carbocycles. The summed E-state index contributed by atoms with van der Waals surface area (Å²) >= 11 is 0. The summed E-state index contributed by atoms with van der Waals surface area (Å²) in [5.74, 6) is -3.95. The minimum Gasteiger partial charge on any atom is -0.547 e. The zero-order chi connectivity index (χ0) is 21.2. The van der Waals surface area contributed by atoms with E-state index < -0.39 is 74.0 Å². The Bertz CT molecular complexity index is 387. The van der Waals surface area contributed by atoms with E-state index in [0.717, 1.165) is 0 Å². The molecule has 16 nitrogen and oxygen atoms in total. The van der Waals surface area contributed by atoms with E-state index in [2.05, 4.69) is 0 Å². The fraction of sp³-hybridized carbons (Fsp3) is 0.833. The van der Waals surface area contributed by atoms with Gasteiger partial charge in [0.15, 0.2) is 0 Å². The van der Waals surface area contributed by atoms with E-state index in [9.17, 15) is 19.8 Å². The van der Waals surface area contributed by atoms with Crippen LogP contribution in [0.1, 0.15) is 0 Å². The number of carbonyl (C=O) groups excluding carboxylic acids is 2. The van der Waals surface area contributed by atoms with E-state index in [1.165, 1.54) is 0 Å². The van der Waals surface area contributed by atoms with Crippen molar-refractivity contribution in [1.82, 2.24) is 0 Å². The number of hydrogen-bond donors (Lipinski definition) is 10. The molecule has 0 amide bonds. The topological polar surface area (TPSA) is 346 Å². The normalized spacial score (nSPS) is 18.3. The molecule has 14 N–H and O–H groups in total. The van der Waals surface area contributed by atoms with E-state index in [1.807, 2.05) is 0 Å². The summed E-state index contributed by atoms with van der Waals surface area (Å²) in [6, 6.07) is 0. The van der Waals surface area contributed by atoms with Crippen LogP contribution in [0.5, 0.6) is 0 Å². The van der Waals surface area contributed by atoms with Gasteiger partial charge in [-0.15, -0.1) is 0 Å². The van der Waals surface area contributed by atoms with Crippen molar-refractivity contribution in [1.29, 1.82) is 0 Å². The molecule has 0 fully saturated rings. The fourth-order valence-corrected chi connectivity index (χ4v) is 1.32. The van der Waals surface area contributed by atoms with Crippen molar-refractivity contribution >= 4 is 11.9 Å². The number of aliphatic hydroxyl groups excluding tert-OH is 10. The number of aliphatic carboxylic acids is 2. The van der Waals surface area contributed by atoms with E-state index in [4.69, 9.17) is 51.1 Å². The van der Waals surface area contributed by atoms with Gasteiger partial charge in [0.05, 0.1) is 25.2 Å². The molecule has 0 aromatic heterocycles. The standard InChI is InChI=1S/2C6H12O7.Co.2H2O/c2*7-1-2(8)3(9)4(10)5(11)6(12)13;;;/h2*2-5,7-11H,1H2,(H,12,13);;2*1H2/q;;+2;;/p-2/t2*2-,3-,4+,5-;;;/m11.../s1. The second kappa shape index (κ2) is 19.0. The monoisotopic (exact) mass is 485 g/mol. The summed E-state index contributed by atoms with van der Waals surface area (Å²) in [6.45, 7) is -1.73. The minimum atomic E-state index is -2.31. The molecule has 0 aromatic rings. The first-order valence-corrected chi connectivity index (χ1v) is 6.91. The first-order chi connectivity index (χ1) is 11.8. The molecule has 8 atom stereocenters. The molecule has 179 valence electrons. The Morgan fingerprint density at radius 3 is 0.931 bits per heavy atom. The predicted molar refractivity (Wildman–Crippen MR) is 79.5 cm³/mol.